The standard InChI is InChI=1S/C22H23N3O3/c1-4-25(16-9-6-5-7-10-16)17-13-14-20(23-15-17)24-22(26)21-18(27-2)11-8-12-19(21)28-3/h5-15H,4H2,1-3H3,(H,23,24,26). The van der Waals surface area contributed by atoms with Crippen LogP contribution in [-0.2, 0) is 0 Å². The first-order valence-electron chi connectivity index (χ1n) is 8.99. The molecule has 1 aromatic heterocycles. The first-order valence-corrected chi connectivity index (χ1v) is 8.99. The van der Waals surface area contributed by atoms with E-state index < -0.39 is 0 Å². The summed E-state index contributed by atoms with van der Waals surface area (Å²) in [6, 6.07) is 19.0. The SMILES string of the molecule is CCN(c1ccccc1)c1ccc(NC(=O)c2c(OC)cccc2OC)nc1. The molecule has 3 aromatic rings. The second-order valence-corrected chi connectivity index (χ2v) is 5.97. The highest BCUT2D eigenvalue weighted by Crippen LogP contribution is 2.29. The van der Waals surface area contributed by atoms with Gasteiger partial charge in [0.15, 0.2) is 0 Å². The number of rotatable bonds is 7. The van der Waals surface area contributed by atoms with Crippen LogP contribution in [0.3, 0.4) is 0 Å². The Morgan fingerprint density at radius 1 is 0.929 bits per heavy atom. The Hall–Kier alpha value is -3.54. The molecule has 0 aliphatic carbocycles. The van der Waals surface area contributed by atoms with Crippen molar-refractivity contribution in [2.24, 2.45) is 0 Å². The fourth-order valence-electron chi connectivity index (χ4n) is 3.00. The zero-order valence-electron chi connectivity index (χ0n) is 16.2. The molecule has 0 saturated heterocycles. The van der Waals surface area contributed by atoms with E-state index in [1.165, 1.54) is 14.2 Å². The minimum atomic E-state index is -0.343. The molecule has 0 aliphatic rings. The minimum Gasteiger partial charge on any atom is -0.496 e. The zero-order chi connectivity index (χ0) is 19.9. The van der Waals surface area contributed by atoms with Gasteiger partial charge in [0.2, 0.25) is 0 Å². The number of anilines is 3. The zero-order valence-corrected chi connectivity index (χ0v) is 16.2. The molecule has 1 heterocycles. The molecule has 3 rings (SSSR count). The number of hydrogen-bond acceptors (Lipinski definition) is 5. The minimum absolute atomic E-state index is 0.331. The molecule has 6 nitrogen and oxygen atoms in total. The first kappa shape index (κ1) is 19.2. The number of para-hydroxylation sites is 1. The van der Waals surface area contributed by atoms with E-state index in [2.05, 4.69) is 22.1 Å². The van der Waals surface area contributed by atoms with Gasteiger partial charge in [0.05, 0.1) is 26.1 Å². The predicted octanol–water partition coefficient (Wildman–Crippen LogP) is 4.51. The number of amides is 1. The molecule has 0 saturated carbocycles. The molecule has 0 spiro atoms. The summed E-state index contributed by atoms with van der Waals surface area (Å²) in [5, 5.41) is 2.80. The summed E-state index contributed by atoms with van der Waals surface area (Å²) in [7, 11) is 3.03. The summed E-state index contributed by atoms with van der Waals surface area (Å²) in [4.78, 5) is 19.3. The third-order valence-electron chi connectivity index (χ3n) is 4.34. The molecule has 28 heavy (non-hydrogen) atoms. The van der Waals surface area contributed by atoms with Crippen LogP contribution in [0.5, 0.6) is 11.5 Å². The second kappa shape index (κ2) is 8.90. The maximum Gasteiger partial charge on any atom is 0.264 e. The van der Waals surface area contributed by atoms with E-state index in [9.17, 15) is 4.79 Å². The predicted molar refractivity (Wildman–Crippen MR) is 111 cm³/mol. The van der Waals surface area contributed by atoms with Crippen molar-refractivity contribution in [3.05, 3.63) is 72.4 Å². The van der Waals surface area contributed by atoms with Gasteiger partial charge in [-0.3, -0.25) is 4.79 Å². The average Bonchev–Trinajstić information content (AvgIpc) is 2.75. The lowest BCUT2D eigenvalue weighted by Gasteiger charge is -2.23. The second-order valence-electron chi connectivity index (χ2n) is 5.97. The van der Waals surface area contributed by atoms with Crippen molar-refractivity contribution in [3.63, 3.8) is 0 Å². The van der Waals surface area contributed by atoms with Crippen molar-refractivity contribution in [1.29, 1.82) is 0 Å². The van der Waals surface area contributed by atoms with Gasteiger partial charge >= 0.3 is 0 Å². The number of methoxy groups -OCH3 is 2. The number of pyridine rings is 1. The Balaban J connectivity index is 1.81. The normalized spacial score (nSPS) is 10.2. The van der Waals surface area contributed by atoms with Gasteiger partial charge in [-0.15, -0.1) is 0 Å². The van der Waals surface area contributed by atoms with Gasteiger partial charge in [-0.1, -0.05) is 24.3 Å². The Morgan fingerprint density at radius 3 is 2.14 bits per heavy atom. The maximum atomic E-state index is 12.7. The average molecular weight is 377 g/mol. The molecule has 144 valence electrons. The molecule has 1 N–H and O–H groups in total. The number of aromatic nitrogens is 1. The summed E-state index contributed by atoms with van der Waals surface area (Å²) in [5.41, 5.74) is 2.36. The molecular formula is C22H23N3O3. The van der Waals surface area contributed by atoms with E-state index in [0.717, 1.165) is 17.9 Å². The van der Waals surface area contributed by atoms with E-state index >= 15 is 0 Å². The summed E-state index contributed by atoms with van der Waals surface area (Å²) in [6.07, 6.45) is 1.74. The van der Waals surface area contributed by atoms with Crippen molar-refractivity contribution in [3.8, 4) is 11.5 Å². The first-order chi connectivity index (χ1) is 13.7. The van der Waals surface area contributed by atoms with Crippen LogP contribution in [0.2, 0.25) is 0 Å². The Bertz CT molecular complexity index is 905. The summed E-state index contributed by atoms with van der Waals surface area (Å²) in [5.74, 6) is 0.986. The molecule has 6 heteroatoms. The third kappa shape index (κ3) is 4.06. The summed E-state index contributed by atoms with van der Waals surface area (Å²) >= 11 is 0. The van der Waals surface area contributed by atoms with Crippen LogP contribution in [0.4, 0.5) is 17.2 Å². The number of ether oxygens (including phenoxy) is 2. The molecular weight excluding hydrogens is 354 g/mol. The number of nitrogens with zero attached hydrogens (tertiary/aromatic N) is 2. The van der Waals surface area contributed by atoms with Gasteiger partial charge in [0, 0.05) is 12.2 Å². The van der Waals surface area contributed by atoms with Crippen LogP contribution in [0.15, 0.2) is 66.9 Å². The third-order valence-corrected chi connectivity index (χ3v) is 4.34. The van der Waals surface area contributed by atoms with Crippen molar-refractivity contribution in [2.45, 2.75) is 6.92 Å². The largest absolute Gasteiger partial charge is 0.496 e. The summed E-state index contributed by atoms with van der Waals surface area (Å²) < 4.78 is 10.6. The van der Waals surface area contributed by atoms with Gasteiger partial charge in [0.1, 0.15) is 22.9 Å². The Kier molecular flexibility index (Phi) is 6.11. The lowest BCUT2D eigenvalue weighted by molar-refractivity contribution is 0.102. The van der Waals surface area contributed by atoms with Gasteiger partial charge < -0.3 is 19.7 Å². The molecule has 0 atom stereocenters. The quantitative estimate of drug-likeness (QED) is 0.656. The maximum absolute atomic E-state index is 12.7. The molecule has 0 fully saturated rings. The van der Waals surface area contributed by atoms with Crippen LogP contribution in [-0.4, -0.2) is 31.7 Å². The lowest BCUT2D eigenvalue weighted by Crippen LogP contribution is -2.17. The number of carbonyl (C=O) groups excluding carboxylic acids is 1. The van der Waals surface area contributed by atoms with Crippen LogP contribution < -0.4 is 19.7 Å². The van der Waals surface area contributed by atoms with Crippen LogP contribution >= 0.6 is 0 Å². The number of nitrogens with one attached hydrogen (secondary N) is 1. The van der Waals surface area contributed by atoms with E-state index in [0.29, 0.717) is 22.9 Å². The smallest absolute Gasteiger partial charge is 0.264 e. The lowest BCUT2D eigenvalue weighted by atomic mass is 10.1. The fourth-order valence-corrected chi connectivity index (χ4v) is 3.00. The highest BCUT2D eigenvalue weighted by atomic mass is 16.5. The van der Waals surface area contributed by atoms with E-state index in [4.69, 9.17) is 9.47 Å². The van der Waals surface area contributed by atoms with Gasteiger partial charge in [-0.2, -0.15) is 0 Å². The molecule has 0 bridgehead atoms. The van der Waals surface area contributed by atoms with E-state index in [1.807, 2.05) is 36.4 Å². The van der Waals surface area contributed by atoms with Crippen molar-refractivity contribution < 1.29 is 14.3 Å². The van der Waals surface area contributed by atoms with Gasteiger partial charge in [-0.25, -0.2) is 4.98 Å². The number of carbonyl (C=O) groups is 1. The van der Waals surface area contributed by atoms with Gasteiger partial charge in [0.25, 0.3) is 5.91 Å². The monoisotopic (exact) mass is 377 g/mol. The Morgan fingerprint density at radius 2 is 1.61 bits per heavy atom. The summed E-state index contributed by atoms with van der Waals surface area (Å²) in [6.45, 7) is 2.88. The van der Waals surface area contributed by atoms with Crippen LogP contribution in [0.25, 0.3) is 0 Å². The molecule has 0 unspecified atom stereocenters. The van der Waals surface area contributed by atoms with Crippen LogP contribution in [0.1, 0.15) is 17.3 Å². The van der Waals surface area contributed by atoms with Gasteiger partial charge in [-0.05, 0) is 43.3 Å². The number of hydrogen-bond donors (Lipinski definition) is 1. The highest BCUT2D eigenvalue weighted by molar-refractivity contribution is 6.07. The molecule has 2 aromatic carbocycles. The Labute approximate surface area is 164 Å². The molecule has 0 aliphatic heterocycles. The number of benzene rings is 2. The molecule has 0 radical (unpaired) electrons. The van der Waals surface area contributed by atoms with Crippen molar-refractivity contribution in [1.82, 2.24) is 4.98 Å². The van der Waals surface area contributed by atoms with E-state index in [1.54, 1.807) is 30.5 Å². The topological polar surface area (TPSA) is 63.7 Å². The van der Waals surface area contributed by atoms with Crippen molar-refractivity contribution >= 4 is 23.1 Å². The fraction of sp³-hybridized carbons (Fsp3) is 0.182. The molecule has 1 amide bonds. The highest BCUT2D eigenvalue weighted by Gasteiger charge is 2.18. The van der Waals surface area contributed by atoms with E-state index in [-0.39, 0.29) is 5.91 Å². The van der Waals surface area contributed by atoms with Crippen LogP contribution in [0, 0.1) is 0 Å². The van der Waals surface area contributed by atoms with Crippen molar-refractivity contribution in [2.75, 3.05) is 31.0 Å².